The summed E-state index contributed by atoms with van der Waals surface area (Å²) in [6, 6.07) is 5.38. The molecule has 3 N–H and O–H groups in total. The highest BCUT2D eigenvalue weighted by molar-refractivity contribution is 5.78. The highest BCUT2D eigenvalue weighted by atomic mass is 19.4. The van der Waals surface area contributed by atoms with Crippen LogP contribution in [0.1, 0.15) is 36.4 Å². The molecule has 2 unspecified atom stereocenters. The van der Waals surface area contributed by atoms with Gasteiger partial charge in [0.2, 0.25) is 5.91 Å². The molecule has 0 aliphatic rings. The number of carbonyl (C=O) groups is 1. The van der Waals surface area contributed by atoms with Crippen molar-refractivity contribution in [2.75, 3.05) is 0 Å². The Hall–Kier alpha value is -2.35. The van der Waals surface area contributed by atoms with Gasteiger partial charge in [-0.2, -0.15) is 18.3 Å². The fourth-order valence-corrected chi connectivity index (χ4v) is 2.59. The normalized spacial score (nSPS) is 14.2. The molecule has 0 saturated carbocycles. The average Bonchev–Trinajstić information content (AvgIpc) is 2.89. The molecule has 2 rings (SSSR count). The Kier molecular flexibility index (Phi) is 5.75. The van der Waals surface area contributed by atoms with Crippen LogP contribution in [0.4, 0.5) is 13.2 Å². The summed E-state index contributed by atoms with van der Waals surface area (Å²) < 4.78 is 42.0. The van der Waals surface area contributed by atoms with E-state index >= 15 is 0 Å². The molecule has 0 fully saturated rings. The van der Waals surface area contributed by atoms with Crippen LogP contribution in [0.15, 0.2) is 24.3 Å². The lowest BCUT2D eigenvalue weighted by atomic mass is 10.0. The van der Waals surface area contributed by atoms with Crippen LogP contribution in [-0.2, 0) is 17.5 Å². The molecular weight excluding hydrogens is 345 g/mol. The Morgan fingerprint density at radius 1 is 1.27 bits per heavy atom. The van der Waals surface area contributed by atoms with Crippen molar-refractivity contribution in [2.24, 2.45) is 11.7 Å². The standard InChI is InChI=1S/C18H23F3N4O/c1-10-7-11(2)25(24-10)15-6-5-14(16(8-15)18(19,20)21)9-23-17(26)12(3)13(4)22/h5-8,12-13H,9,22H2,1-4H3,(H,23,26). The topological polar surface area (TPSA) is 72.9 Å². The molecular formula is C18H23F3N4O. The van der Waals surface area contributed by atoms with Crippen LogP contribution in [0.25, 0.3) is 5.69 Å². The smallest absolute Gasteiger partial charge is 0.352 e. The van der Waals surface area contributed by atoms with Gasteiger partial charge >= 0.3 is 6.18 Å². The van der Waals surface area contributed by atoms with E-state index in [1.807, 2.05) is 0 Å². The number of aromatic nitrogens is 2. The number of alkyl halides is 3. The van der Waals surface area contributed by atoms with Crippen LogP contribution in [0.3, 0.4) is 0 Å². The maximum absolute atomic E-state index is 13.5. The number of nitrogens with one attached hydrogen (secondary N) is 1. The molecule has 2 aromatic rings. The summed E-state index contributed by atoms with van der Waals surface area (Å²) in [6.45, 7) is 6.64. The third-order valence-corrected chi connectivity index (χ3v) is 4.31. The van der Waals surface area contributed by atoms with Crippen LogP contribution in [-0.4, -0.2) is 21.7 Å². The SMILES string of the molecule is Cc1cc(C)n(-c2ccc(CNC(=O)C(C)C(C)N)c(C(F)(F)F)c2)n1. The first-order valence-electron chi connectivity index (χ1n) is 8.27. The van der Waals surface area contributed by atoms with Crippen molar-refractivity contribution >= 4 is 5.91 Å². The van der Waals surface area contributed by atoms with E-state index in [9.17, 15) is 18.0 Å². The number of aryl methyl sites for hydroxylation is 2. The lowest BCUT2D eigenvalue weighted by molar-refractivity contribution is -0.138. The van der Waals surface area contributed by atoms with Gasteiger partial charge in [-0.1, -0.05) is 13.0 Å². The van der Waals surface area contributed by atoms with Crippen molar-refractivity contribution < 1.29 is 18.0 Å². The largest absolute Gasteiger partial charge is 0.416 e. The molecule has 0 aliphatic carbocycles. The van der Waals surface area contributed by atoms with Crippen LogP contribution in [0.2, 0.25) is 0 Å². The summed E-state index contributed by atoms with van der Waals surface area (Å²) >= 11 is 0. The van der Waals surface area contributed by atoms with Crippen molar-refractivity contribution in [1.82, 2.24) is 15.1 Å². The number of hydrogen-bond acceptors (Lipinski definition) is 3. The van der Waals surface area contributed by atoms with E-state index in [2.05, 4.69) is 10.4 Å². The third kappa shape index (κ3) is 4.43. The highest BCUT2D eigenvalue weighted by Crippen LogP contribution is 2.33. The molecule has 0 bridgehead atoms. The molecule has 0 spiro atoms. The first kappa shape index (κ1) is 20.0. The molecule has 5 nitrogen and oxygen atoms in total. The molecule has 2 atom stereocenters. The molecule has 8 heteroatoms. The van der Waals surface area contributed by atoms with Crippen molar-refractivity contribution in [1.29, 1.82) is 0 Å². The molecule has 0 radical (unpaired) electrons. The van der Waals surface area contributed by atoms with E-state index in [-0.39, 0.29) is 24.1 Å². The van der Waals surface area contributed by atoms with E-state index in [4.69, 9.17) is 5.73 Å². The molecule has 26 heavy (non-hydrogen) atoms. The van der Waals surface area contributed by atoms with E-state index in [1.165, 1.54) is 10.7 Å². The minimum Gasteiger partial charge on any atom is -0.352 e. The second kappa shape index (κ2) is 7.49. The molecule has 1 aromatic heterocycles. The molecule has 142 valence electrons. The summed E-state index contributed by atoms with van der Waals surface area (Å²) in [5, 5.41) is 6.74. The van der Waals surface area contributed by atoms with Crippen LogP contribution < -0.4 is 11.1 Å². The lowest BCUT2D eigenvalue weighted by Gasteiger charge is -2.18. The maximum atomic E-state index is 13.5. The summed E-state index contributed by atoms with van der Waals surface area (Å²) in [5.41, 5.74) is 6.63. The fraction of sp³-hybridized carbons (Fsp3) is 0.444. The van der Waals surface area contributed by atoms with Crippen molar-refractivity contribution in [3.63, 3.8) is 0 Å². The number of nitrogens with zero attached hydrogens (tertiary/aromatic N) is 2. The van der Waals surface area contributed by atoms with Crippen LogP contribution in [0, 0.1) is 19.8 Å². The number of carbonyl (C=O) groups excluding carboxylic acids is 1. The van der Waals surface area contributed by atoms with Gasteiger partial charge in [-0.25, -0.2) is 4.68 Å². The number of benzene rings is 1. The second-order valence-corrected chi connectivity index (χ2v) is 6.54. The zero-order valence-electron chi connectivity index (χ0n) is 15.2. The second-order valence-electron chi connectivity index (χ2n) is 6.54. The first-order valence-corrected chi connectivity index (χ1v) is 8.27. The minimum atomic E-state index is -4.54. The third-order valence-electron chi connectivity index (χ3n) is 4.31. The monoisotopic (exact) mass is 368 g/mol. The van der Waals surface area contributed by atoms with E-state index < -0.39 is 17.7 Å². The highest BCUT2D eigenvalue weighted by Gasteiger charge is 2.34. The van der Waals surface area contributed by atoms with Crippen molar-refractivity contribution in [2.45, 2.75) is 46.5 Å². The zero-order chi connectivity index (χ0) is 19.6. The van der Waals surface area contributed by atoms with Gasteiger partial charge in [0.15, 0.2) is 0 Å². The van der Waals surface area contributed by atoms with Gasteiger partial charge in [-0.15, -0.1) is 0 Å². The summed E-state index contributed by atoms with van der Waals surface area (Å²) in [7, 11) is 0. The van der Waals surface area contributed by atoms with Crippen molar-refractivity contribution in [3.8, 4) is 5.69 Å². The summed E-state index contributed by atoms with van der Waals surface area (Å²) in [6.07, 6.45) is -4.54. The van der Waals surface area contributed by atoms with Gasteiger partial charge in [0.1, 0.15) is 0 Å². The molecule has 1 amide bonds. The number of amides is 1. The molecule has 0 aliphatic heterocycles. The Morgan fingerprint density at radius 2 is 1.92 bits per heavy atom. The molecule has 1 aromatic carbocycles. The Balaban J connectivity index is 2.33. The maximum Gasteiger partial charge on any atom is 0.416 e. The quantitative estimate of drug-likeness (QED) is 0.852. The van der Waals surface area contributed by atoms with Crippen molar-refractivity contribution in [3.05, 3.63) is 46.8 Å². The van der Waals surface area contributed by atoms with E-state index in [0.29, 0.717) is 5.69 Å². The number of hydrogen-bond donors (Lipinski definition) is 2. The van der Waals surface area contributed by atoms with Crippen LogP contribution >= 0.6 is 0 Å². The van der Waals surface area contributed by atoms with Gasteiger partial charge in [-0.05, 0) is 44.5 Å². The van der Waals surface area contributed by atoms with Gasteiger partial charge < -0.3 is 11.1 Å². The minimum absolute atomic E-state index is 0.00648. The van der Waals surface area contributed by atoms with Gasteiger partial charge in [-0.3, -0.25) is 4.79 Å². The Bertz CT molecular complexity index is 796. The summed E-state index contributed by atoms with van der Waals surface area (Å²) in [4.78, 5) is 12.0. The van der Waals surface area contributed by atoms with E-state index in [0.717, 1.165) is 17.5 Å². The van der Waals surface area contributed by atoms with Crippen LogP contribution in [0.5, 0.6) is 0 Å². The van der Waals surface area contributed by atoms with Gasteiger partial charge in [0.25, 0.3) is 0 Å². The summed E-state index contributed by atoms with van der Waals surface area (Å²) in [5.74, 6) is -0.867. The predicted octanol–water partition coefficient (Wildman–Crippen LogP) is 3.11. The van der Waals surface area contributed by atoms with Gasteiger partial charge in [0.05, 0.1) is 16.9 Å². The molecule has 0 saturated heterocycles. The Morgan fingerprint density at radius 3 is 2.42 bits per heavy atom. The number of rotatable bonds is 5. The Labute approximate surface area is 150 Å². The van der Waals surface area contributed by atoms with E-state index in [1.54, 1.807) is 39.8 Å². The number of halogens is 3. The average molecular weight is 368 g/mol. The molecule has 1 heterocycles. The first-order chi connectivity index (χ1) is 12.0. The predicted molar refractivity (Wildman–Crippen MR) is 92.7 cm³/mol. The number of nitrogens with two attached hydrogens (primary N) is 1. The van der Waals surface area contributed by atoms with Gasteiger partial charge in [0, 0.05) is 24.2 Å². The fourth-order valence-electron chi connectivity index (χ4n) is 2.59. The zero-order valence-corrected chi connectivity index (χ0v) is 15.2. The lowest BCUT2D eigenvalue weighted by Crippen LogP contribution is -2.38.